The van der Waals surface area contributed by atoms with E-state index in [1.54, 1.807) is 16.7 Å². The summed E-state index contributed by atoms with van der Waals surface area (Å²) in [5.41, 5.74) is 2.77. The number of halogens is 1. The molecule has 130 valence electrons. The van der Waals surface area contributed by atoms with Gasteiger partial charge in [0.25, 0.3) is 0 Å². The molecule has 5 heteroatoms. The van der Waals surface area contributed by atoms with Crippen LogP contribution in [0.4, 0.5) is 5.69 Å². The summed E-state index contributed by atoms with van der Waals surface area (Å²) in [7, 11) is 0. The molecular weight excluding hydrogens is 336 g/mol. The number of carbonyl (C=O) groups excluding carboxylic acids is 2. The van der Waals surface area contributed by atoms with Gasteiger partial charge < -0.3 is 9.80 Å². The summed E-state index contributed by atoms with van der Waals surface area (Å²) >= 11 is 6.09. The van der Waals surface area contributed by atoms with Crippen LogP contribution in [0.25, 0.3) is 0 Å². The number of rotatable bonds is 3. The zero-order valence-corrected chi connectivity index (χ0v) is 15.2. The molecule has 1 aliphatic heterocycles. The minimum absolute atomic E-state index is 0.0190. The molecule has 0 bridgehead atoms. The Bertz CT molecular complexity index is 792. The van der Waals surface area contributed by atoms with Crippen LogP contribution in [0.5, 0.6) is 0 Å². The standard InChI is InChI=1S/C20H21ClN2O2/c1-14-8-9-17(21)13-18(14)23-11-10-22(15(2)20(23)25)19(24)12-16-6-4-3-5-7-16/h3-9,13,15H,10-12H2,1-2H3/t15-/m0/s1. The molecule has 1 saturated heterocycles. The van der Waals surface area contributed by atoms with Crippen molar-refractivity contribution in [2.45, 2.75) is 26.3 Å². The van der Waals surface area contributed by atoms with E-state index in [0.717, 1.165) is 16.8 Å². The number of anilines is 1. The maximum absolute atomic E-state index is 12.8. The van der Waals surface area contributed by atoms with Gasteiger partial charge in [0.05, 0.1) is 6.42 Å². The van der Waals surface area contributed by atoms with Gasteiger partial charge in [0.2, 0.25) is 11.8 Å². The molecule has 0 unspecified atom stereocenters. The number of hydrogen-bond donors (Lipinski definition) is 0. The largest absolute Gasteiger partial charge is 0.329 e. The Morgan fingerprint density at radius 2 is 1.88 bits per heavy atom. The Kier molecular flexibility index (Phi) is 5.09. The van der Waals surface area contributed by atoms with E-state index < -0.39 is 6.04 Å². The molecule has 0 spiro atoms. The number of amides is 2. The molecule has 1 aliphatic rings. The number of carbonyl (C=O) groups is 2. The summed E-state index contributed by atoms with van der Waals surface area (Å²) in [6.07, 6.45) is 0.314. The molecule has 1 fully saturated rings. The smallest absolute Gasteiger partial charge is 0.249 e. The summed E-state index contributed by atoms with van der Waals surface area (Å²) < 4.78 is 0. The first-order valence-electron chi connectivity index (χ1n) is 8.38. The SMILES string of the molecule is Cc1ccc(Cl)cc1N1CCN(C(=O)Cc2ccccc2)[C@@H](C)C1=O. The van der Waals surface area contributed by atoms with Crippen molar-refractivity contribution >= 4 is 29.1 Å². The lowest BCUT2D eigenvalue weighted by atomic mass is 10.1. The van der Waals surface area contributed by atoms with E-state index in [-0.39, 0.29) is 11.8 Å². The zero-order valence-electron chi connectivity index (χ0n) is 14.4. The van der Waals surface area contributed by atoms with Crippen LogP contribution >= 0.6 is 11.6 Å². The molecule has 1 heterocycles. The van der Waals surface area contributed by atoms with Crippen molar-refractivity contribution in [2.24, 2.45) is 0 Å². The molecule has 1 atom stereocenters. The average molecular weight is 357 g/mol. The molecule has 2 amide bonds. The highest BCUT2D eigenvalue weighted by Gasteiger charge is 2.35. The van der Waals surface area contributed by atoms with E-state index in [1.807, 2.05) is 55.5 Å². The fourth-order valence-corrected chi connectivity index (χ4v) is 3.36. The molecule has 3 rings (SSSR count). The van der Waals surface area contributed by atoms with E-state index in [1.165, 1.54) is 0 Å². The van der Waals surface area contributed by atoms with Crippen molar-refractivity contribution < 1.29 is 9.59 Å². The van der Waals surface area contributed by atoms with Gasteiger partial charge in [-0.25, -0.2) is 0 Å². The maximum atomic E-state index is 12.8. The van der Waals surface area contributed by atoms with E-state index >= 15 is 0 Å². The molecular formula is C20H21ClN2O2. The molecule has 0 saturated carbocycles. The van der Waals surface area contributed by atoms with E-state index in [9.17, 15) is 9.59 Å². The van der Waals surface area contributed by atoms with Crippen molar-refractivity contribution in [2.75, 3.05) is 18.0 Å². The number of aryl methyl sites for hydroxylation is 1. The number of piperazine rings is 1. The minimum atomic E-state index is -0.483. The van der Waals surface area contributed by atoms with Crippen LogP contribution in [0.15, 0.2) is 48.5 Å². The van der Waals surface area contributed by atoms with Crippen molar-refractivity contribution in [3.05, 3.63) is 64.7 Å². The Labute approximate surface area is 153 Å². The van der Waals surface area contributed by atoms with Crippen LogP contribution in [-0.2, 0) is 16.0 Å². The van der Waals surface area contributed by atoms with Crippen LogP contribution in [0.1, 0.15) is 18.1 Å². The van der Waals surface area contributed by atoms with E-state index in [2.05, 4.69) is 0 Å². The first kappa shape index (κ1) is 17.5. The number of hydrogen-bond acceptors (Lipinski definition) is 2. The summed E-state index contributed by atoms with van der Waals surface area (Å²) in [5, 5.41) is 0.601. The van der Waals surface area contributed by atoms with Crippen molar-refractivity contribution in [1.82, 2.24) is 4.90 Å². The Morgan fingerprint density at radius 3 is 2.60 bits per heavy atom. The first-order valence-corrected chi connectivity index (χ1v) is 8.76. The third-order valence-electron chi connectivity index (χ3n) is 4.64. The van der Waals surface area contributed by atoms with Crippen LogP contribution < -0.4 is 4.90 Å². The quantitative estimate of drug-likeness (QED) is 0.845. The highest BCUT2D eigenvalue weighted by atomic mass is 35.5. The Morgan fingerprint density at radius 1 is 1.16 bits per heavy atom. The third kappa shape index (κ3) is 3.69. The van der Waals surface area contributed by atoms with E-state index in [0.29, 0.717) is 24.5 Å². The van der Waals surface area contributed by atoms with Gasteiger partial charge in [-0.05, 0) is 37.1 Å². The first-order chi connectivity index (χ1) is 12.0. The van der Waals surface area contributed by atoms with Gasteiger partial charge in [0.15, 0.2) is 0 Å². The molecule has 0 aromatic heterocycles. The van der Waals surface area contributed by atoms with Crippen LogP contribution in [0.2, 0.25) is 5.02 Å². The topological polar surface area (TPSA) is 40.6 Å². The van der Waals surface area contributed by atoms with E-state index in [4.69, 9.17) is 11.6 Å². The highest BCUT2D eigenvalue weighted by Crippen LogP contribution is 2.27. The predicted octanol–water partition coefficient (Wildman–Crippen LogP) is 3.45. The second-order valence-electron chi connectivity index (χ2n) is 6.35. The third-order valence-corrected chi connectivity index (χ3v) is 4.87. The fourth-order valence-electron chi connectivity index (χ4n) is 3.20. The monoisotopic (exact) mass is 356 g/mol. The Balaban J connectivity index is 1.75. The van der Waals surface area contributed by atoms with Crippen molar-refractivity contribution in [1.29, 1.82) is 0 Å². The van der Waals surface area contributed by atoms with Crippen molar-refractivity contribution in [3.8, 4) is 0 Å². The second-order valence-corrected chi connectivity index (χ2v) is 6.78. The van der Waals surface area contributed by atoms with Gasteiger partial charge in [-0.15, -0.1) is 0 Å². The van der Waals surface area contributed by atoms with Crippen LogP contribution in [0, 0.1) is 6.92 Å². The Hall–Kier alpha value is -2.33. The molecule has 0 aliphatic carbocycles. The van der Waals surface area contributed by atoms with Crippen LogP contribution in [0.3, 0.4) is 0 Å². The van der Waals surface area contributed by atoms with Gasteiger partial charge in [-0.1, -0.05) is 48.0 Å². The molecule has 25 heavy (non-hydrogen) atoms. The molecule has 2 aromatic carbocycles. The molecule has 4 nitrogen and oxygen atoms in total. The van der Waals surface area contributed by atoms with Gasteiger partial charge in [0, 0.05) is 23.8 Å². The average Bonchev–Trinajstić information content (AvgIpc) is 2.60. The van der Waals surface area contributed by atoms with Gasteiger partial charge in [-0.2, -0.15) is 0 Å². The summed E-state index contributed by atoms with van der Waals surface area (Å²) in [5.74, 6) is -0.0902. The minimum Gasteiger partial charge on any atom is -0.329 e. The summed E-state index contributed by atoms with van der Waals surface area (Å²) in [6, 6.07) is 14.6. The molecule has 0 N–H and O–H groups in total. The normalized spacial score (nSPS) is 17.7. The fraction of sp³-hybridized carbons (Fsp3) is 0.300. The lowest BCUT2D eigenvalue weighted by Crippen LogP contribution is -2.58. The number of benzene rings is 2. The predicted molar refractivity (Wildman–Crippen MR) is 99.9 cm³/mol. The zero-order chi connectivity index (χ0) is 18.0. The number of nitrogens with zero attached hydrogens (tertiary/aromatic N) is 2. The maximum Gasteiger partial charge on any atom is 0.249 e. The highest BCUT2D eigenvalue weighted by molar-refractivity contribution is 6.31. The second kappa shape index (κ2) is 7.28. The summed E-state index contributed by atoms with van der Waals surface area (Å²) in [6.45, 7) is 4.74. The van der Waals surface area contributed by atoms with Gasteiger partial charge >= 0.3 is 0 Å². The van der Waals surface area contributed by atoms with Gasteiger partial charge in [-0.3, -0.25) is 9.59 Å². The molecule has 0 radical (unpaired) electrons. The van der Waals surface area contributed by atoms with Gasteiger partial charge in [0.1, 0.15) is 6.04 Å². The summed E-state index contributed by atoms with van der Waals surface area (Å²) in [4.78, 5) is 28.9. The lowest BCUT2D eigenvalue weighted by molar-refractivity contribution is -0.140. The molecule has 2 aromatic rings. The van der Waals surface area contributed by atoms with Crippen molar-refractivity contribution in [3.63, 3.8) is 0 Å². The van der Waals surface area contributed by atoms with Crippen LogP contribution in [-0.4, -0.2) is 35.8 Å². The lowest BCUT2D eigenvalue weighted by Gasteiger charge is -2.39.